The predicted octanol–water partition coefficient (Wildman–Crippen LogP) is 0.474. The summed E-state index contributed by atoms with van der Waals surface area (Å²) in [5.74, 6) is -1.68. The molecule has 0 saturated carbocycles. The molecule has 1 saturated heterocycles. The van der Waals surface area contributed by atoms with Crippen LogP contribution in [0.1, 0.15) is 33.7 Å². The number of carboxylic acids is 1. The second kappa shape index (κ2) is 6.34. The van der Waals surface area contributed by atoms with Gasteiger partial charge in [-0.05, 0) is 25.0 Å². The molecule has 1 aliphatic rings. The van der Waals surface area contributed by atoms with E-state index in [4.69, 9.17) is 5.11 Å². The molecule has 0 unspecified atom stereocenters. The first-order valence-corrected chi connectivity index (χ1v) is 6.71. The van der Waals surface area contributed by atoms with Gasteiger partial charge in [-0.15, -0.1) is 0 Å². The largest absolute Gasteiger partial charge is 0.477 e. The lowest BCUT2D eigenvalue weighted by atomic mass is 10.2. The van der Waals surface area contributed by atoms with Crippen LogP contribution in [-0.2, 0) is 4.79 Å². The third-order valence-corrected chi connectivity index (χ3v) is 3.40. The van der Waals surface area contributed by atoms with E-state index in [1.54, 1.807) is 4.90 Å². The van der Waals surface area contributed by atoms with Crippen LogP contribution in [0.3, 0.4) is 0 Å². The number of hydrogen-bond donors (Lipinski definition) is 1. The number of carboxylic acid groups (broad SMARTS) is 1. The molecule has 2 amide bonds. The van der Waals surface area contributed by atoms with Gasteiger partial charge in [0, 0.05) is 31.9 Å². The molecule has 0 aliphatic carbocycles. The van der Waals surface area contributed by atoms with Crippen molar-refractivity contribution in [2.45, 2.75) is 12.8 Å². The molecule has 7 heteroatoms. The number of aromatic carboxylic acids is 1. The van der Waals surface area contributed by atoms with E-state index in [0.29, 0.717) is 0 Å². The first-order chi connectivity index (χ1) is 9.99. The van der Waals surface area contributed by atoms with Gasteiger partial charge in [0.2, 0.25) is 5.91 Å². The van der Waals surface area contributed by atoms with Gasteiger partial charge in [0.25, 0.3) is 5.91 Å². The van der Waals surface area contributed by atoms with Crippen molar-refractivity contribution >= 4 is 17.8 Å². The normalized spacial score (nSPS) is 14.0. The summed E-state index contributed by atoms with van der Waals surface area (Å²) < 4.78 is 0. The predicted molar refractivity (Wildman–Crippen MR) is 74.0 cm³/mol. The average Bonchev–Trinajstić information content (AvgIpc) is 3.00. The number of amides is 2. The molecule has 1 N–H and O–H groups in total. The molecule has 1 aliphatic heterocycles. The lowest BCUT2D eigenvalue weighted by molar-refractivity contribution is -0.130. The summed E-state index contributed by atoms with van der Waals surface area (Å²) in [5, 5.41) is 8.87. The van der Waals surface area contributed by atoms with Gasteiger partial charge in [-0.3, -0.25) is 9.59 Å². The minimum absolute atomic E-state index is 0.0104. The summed E-state index contributed by atoms with van der Waals surface area (Å²) in [6, 6.07) is 2.65. The van der Waals surface area contributed by atoms with Crippen LogP contribution in [0, 0.1) is 0 Å². The third-order valence-electron chi connectivity index (χ3n) is 3.40. The minimum Gasteiger partial charge on any atom is -0.477 e. The molecule has 0 spiro atoms. The van der Waals surface area contributed by atoms with Gasteiger partial charge >= 0.3 is 5.97 Å². The number of likely N-dealkylation sites (tertiary alicyclic amines) is 1. The maximum Gasteiger partial charge on any atom is 0.354 e. The van der Waals surface area contributed by atoms with Crippen molar-refractivity contribution in [3.8, 4) is 0 Å². The Kier molecular flexibility index (Phi) is 4.52. The highest BCUT2D eigenvalue weighted by Gasteiger charge is 2.22. The maximum absolute atomic E-state index is 12.2. The van der Waals surface area contributed by atoms with Crippen LogP contribution >= 0.6 is 0 Å². The van der Waals surface area contributed by atoms with Gasteiger partial charge < -0.3 is 14.9 Å². The second-order valence-electron chi connectivity index (χ2n) is 4.98. The fraction of sp³-hybridized carbons (Fsp3) is 0.429. The highest BCUT2D eigenvalue weighted by atomic mass is 16.4. The highest BCUT2D eigenvalue weighted by Crippen LogP contribution is 2.09. The van der Waals surface area contributed by atoms with E-state index < -0.39 is 11.9 Å². The van der Waals surface area contributed by atoms with Crippen molar-refractivity contribution in [1.29, 1.82) is 0 Å². The topological polar surface area (TPSA) is 90.8 Å². The quantitative estimate of drug-likeness (QED) is 0.871. The molecule has 0 aromatic carbocycles. The molecular weight excluding hydrogens is 274 g/mol. The summed E-state index contributed by atoms with van der Waals surface area (Å²) >= 11 is 0. The number of hydrogen-bond acceptors (Lipinski definition) is 4. The highest BCUT2D eigenvalue weighted by molar-refractivity contribution is 5.98. The summed E-state index contributed by atoms with van der Waals surface area (Å²) in [6.45, 7) is 1.46. The van der Waals surface area contributed by atoms with Crippen molar-refractivity contribution in [1.82, 2.24) is 14.8 Å². The van der Waals surface area contributed by atoms with Gasteiger partial charge in [0.1, 0.15) is 5.69 Å². The van der Waals surface area contributed by atoms with E-state index in [0.717, 1.165) is 25.9 Å². The van der Waals surface area contributed by atoms with Gasteiger partial charge in [0.05, 0.1) is 6.54 Å². The van der Waals surface area contributed by atoms with Crippen molar-refractivity contribution in [3.05, 3.63) is 29.6 Å². The lowest BCUT2D eigenvalue weighted by Gasteiger charge is -2.21. The zero-order valence-electron chi connectivity index (χ0n) is 11.8. The SMILES string of the molecule is CN(CC(=O)N1CCCC1)C(=O)c1ccnc(C(=O)O)c1. The number of pyridine rings is 1. The van der Waals surface area contributed by atoms with E-state index in [-0.39, 0.29) is 23.7 Å². The Morgan fingerprint density at radius 3 is 2.62 bits per heavy atom. The fourth-order valence-electron chi connectivity index (χ4n) is 2.24. The number of carbonyl (C=O) groups excluding carboxylic acids is 2. The number of rotatable bonds is 4. The molecule has 7 nitrogen and oxygen atoms in total. The van der Waals surface area contributed by atoms with Crippen LogP contribution in [-0.4, -0.2) is 64.4 Å². The van der Waals surface area contributed by atoms with E-state index in [2.05, 4.69) is 4.98 Å². The smallest absolute Gasteiger partial charge is 0.354 e. The maximum atomic E-state index is 12.2. The Balaban J connectivity index is 2.03. The zero-order chi connectivity index (χ0) is 15.4. The number of aromatic nitrogens is 1. The molecule has 2 heterocycles. The standard InChI is InChI=1S/C14H17N3O4/c1-16(9-12(18)17-6-2-3-7-17)13(19)10-4-5-15-11(8-10)14(20)21/h4-5,8H,2-3,6-7,9H2,1H3,(H,20,21). The Hall–Kier alpha value is -2.44. The van der Waals surface area contributed by atoms with Crippen LogP contribution in [0.5, 0.6) is 0 Å². The molecule has 21 heavy (non-hydrogen) atoms. The number of carbonyl (C=O) groups is 3. The second-order valence-corrected chi connectivity index (χ2v) is 4.98. The molecule has 1 fully saturated rings. The zero-order valence-corrected chi connectivity index (χ0v) is 11.8. The van der Waals surface area contributed by atoms with Gasteiger partial charge in [-0.2, -0.15) is 0 Å². The molecule has 1 aromatic rings. The van der Waals surface area contributed by atoms with E-state index >= 15 is 0 Å². The van der Waals surface area contributed by atoms with Crippen molar-refractivity contribution < 1.29 is 19.5 Å². The molecule has 0 bridgehead atoms. The first-order valence-electron chi connectivity index (χ1n) is 6.71. The lowest BCUT2D eigenvalue weighted by Crippen LogP contribution is -2.39. The van der Waals surface area contributed by atoms with Gasteiger partial charge in [-0.1, -0.05) is 0 Å². The van der Waals surface area contributed by atoms with E-state index in [9.17, 15) is 14.4 Å². The van der Waals surface area contributed by atoms with Crippen LogP contribution in [0.15, 0.2) is 18.3 Å². The van der Waals surface area contributed by atoms with E-state index in [1.807, 2.05) is 0 Å². The molecular formula is C14H17N3O4. The molecule has 2 rings (SSSR count). The molecule has 112 valence electrons. The Morgan fingerprint density at radius 2 is 2.00 bits per heavy atom. The van der Waals surface area contributed by atoms with Crippen molar-refractivity contribution in [3.63, 3.8) is 0 Å². The molecule has 1 aromatic heterocycles. The van der Waals surface area contributed by atoms with Crippen LogP contribution < -0.4 is 0 Å². The van der Waals surface area contributed by atoms with Crippen LogP contribution in [0.2, 0.25) is 0 Å². The van der Waals surface area contributed by atoms with Crippen LogP contribution in [0.25, 0.3) is 0 Å². The Morgan fingerprint density at radius 1 is 1.33 bits per heavy atom. The van der Waals surface area contributed by atoms with Crippen molar-refractivity contribution in [2.24, 2.45) is 0 Å². The van der Waals surface area contributed by atoms with E-state index in [1.165, 1.54) is 30.3 Å². The average molecular weight is 291 g/mol. The van der Waals surface area contributed by atoms with Crippen molar-refractivity contribution in [2.75, 3.05) is 26.7 Å². The molecule has 0 radical (unpaired) electrons. The number of likely N-dealkylation sites (N-methyl/N-ethyl adjacent to an activating group) is 1. The Labute approximate surface area is 122 Å². The monoisotopic (exact) mass is 291 g/mol. The summed E-state index contributed by atoms with van der Waals surface area (Å²) in [5.41, 5.74) is 0.0132. The first kappa shape index (κ1) is 15.0. The minimum atomic E-state index is -1.19. The fourth-order valence-corrected chi connectivity index (χ4v) is 2.24. The third kappa shape index (κ3) is 3.56. The summed E-state index contributed by atoms with van der Waals surface area (Å²) in [7, 11) is 1.52. The summed E-state index contributed by atoms with van der Waals surface area (Å²) in [4.78, 5) is 41.7. The van der Waals surface area contributed by atoms with Gasteiger partial charge in [-0.25, -0.2) is 9.78 Å². The van der Waals surface area contributed by atoms with Crippen LogP contribution in [0.4, 0.5) is 0 Å². The molecule has 0 atom stereocenters. The number of nitrogens with zero attached hydrogens (tertiary/aromatic N) is 3. The summed E-state index contributed by atoms with van der Waals surface area (Å²) in [6.07, 6.45) is 3.26. The Bertz CT molecular complexity index is 567. The van der Waals surface area contributed by atoms with Gasteiger partial charge in [0.15, 0.2) is 0 Å².